The summed E-state index contributed by atoms with van der Waals surface area (Å²) in [4.78, 5) is 26.1. The van der Waals surface area contributed by atoms with Crippen molar-refractivity contribution in [2.45, 2.75) is 45.6 Å². The summed E-state index contributed by atoms with van der Waals surface area (Å²) in [5, 5.41) is 6.72. The number of thiophene rings is 1. The summed E-state index contributed by atoms with van der Waals surface area (Å²) in [7, 11) is 0. The summed E-state index contributed by atoms with van der Waals surface area (Å²) in [6, 6.07) is 6.44. The Balaban J connectivity index is 1.81. The number of anilines is 2. The zero-order valence-corrected chi connectivity index (χ0v) is 16.3. The van der Waals surface area contributed by atoms with E-state index in [0.29, 0.717) is 21.3 Å². The van der Waals surface area contributed by atoms with Crippen LogP contribution in [0.25, 0.3) is 0 Å². The largest absolute Gasteiger partial charge is 0.459 e. The number of amides is 2. The second-order valence-electron chi connectivity index (χ2n) is 6.46. The Kier molecular flexibility index (Phi) is 5.84. The van der Waals surface area contributed by atoms with Crippen LogP contribution in [0, 0.1) is 0 Å². The molecule has 2 amide bonds. The number of hydrogen-bond donors (Lipinski definition) is 2. The molecule has 1 aliphatic rings. The van der Waals surface area contributed by atoms with Crippen molar-refractivity contribution in [1.29, 1.82) is 0 Å². The topological polar surface area (TPSA) is 67.4 Å². The lowest BCUT2D eigenvalue weighted by Crippen LogP contribution is -2.21. The Bertz CT molecular complexity index is 815. The highest BCUT2D eigenvalue weighted by Gasteiger charge is 2.27. The van der Waals surface area contributed by atoms with Crippen molar-refractivity contribution in [2.24, 2.45) is 0 Å². The van der Waals surface area contributed by atoms with E-state index < -0.39 is 6.03 Å². The Morgan fingerprint density at radius 3 is 2.50 bits per heavy atom. The molecule has 26 heavy (non-hydrogen) atoms. The SMILES string of the molecule is CC(C)OC(=O)c1c(NC(=O)Nc2ccc(Cl)cc2)sc2c1CCCC2. The number of rotatable bonds is 4. The number of aryl methyl sites for hydroxylation is 1. The maximum absolute atomic E-state index is 12.6. The van der Waals surface area contributed by atoms with E-state index in [9.17, 15) is 9.59 Å². The van der Waals surface area contributed by atoms with Gasteiger partial charge in [-0.2, -0.15) is 0 Å². The first-order valence-corrected chi connectivity index (χ1v) is 9.82. The van der Waals surface area contributed by atoms with Crippen molar-refractivity contribution >= 4 is 45.6 Å². The maximum Gasteiger partial charge on any atom is 0.341 e. The van der Waals surface area contributed by atoms with E-state index in [1.54, 1.807) is 24.3 Å². The predicted octanol–water partition coefficient (Wildman–Crippen LogP) is 5.49. The maximum atomic E-state index is 12.6. The van der Waals surface area contributed by atoms with Gasteiger partial charge in [-0.1, -0.05) is 11.6 Å². The highest BCUT2D eigenvalue weighted by atomic mass is 35.5. The molecule has 7 heteroatoms. The summed E-state index contributed by atoms with van der Waals surface area (Å²) in [5.74, 6) is -0.374. The lowest BCUT2D eigenvalue weighted by Gasteiger charge is -2.14. The average Bonchev–Trinajstić information content (AvgIpc) is 2.94. The van der Waals surface area contributed by atoms with Gasteiger partial charge in [0, 0.05) is 15.6 Å². The minimum Gasteiger partial charge on any atom is -0.459 e. The van der Waals surface area contributed by atoms with Gasteiger partial charge in [0.25, 0.3) is 0 Å². The summed E-state index contributed by atoms with van der Waals surface area (Å²) in [6.45, 7) is 3.63. The molecule has 1 aromatic heterocycles. The van der Waals surface area contributed by atoms with Crippen LogP contribution in [0.4, 0.5) is 15.5 Å². The van der Waals surface area contributed by atoms with Crippen molar-refractivity contribution < 1.29 is 14.3 Å². The molecule has 0 unspecified atom stereocenters. The molecular weight excluding hydrogens is 372 g/mol. The first-order valence-electron chi connectivity index (χ1n) is 8.63. The standard InChI is InChI=1S/C19H21ClN2O3S/c1-11(2)25-18(23)16-14-5-3-4-6-15(14)26-17(16)22-19(24)21-13-9-7-12(20)8-10-13/h7-11H,3-6H2,1-2H3,(H2,21,22,24). The van der Waals surface area contributed by atoms with Gasteiger partial charge in [0.2, 0.25) is 0 Å². The number of carbonyl (C=O) groups is 2. The van der Waals surface area contributed by atoms with Crippen LogP contribution in [-0.4, -0.2) is 18.1 Å². The van der Waals surface area contributed by atoms with Gasteiger partial charge in [-0.05, 0) is 69.4 Å². The third kappa shape index (κ3) is 4.37. The molecule has 0 aliphatic heterocycles. The molecule has 0 spiro atoms. The van der Waals surface area contributed by atoms with Crippen molar-refractivity contribution in [2.75, 3.05) is 10.6 Å². The Labute approximate surface area is 161 Å². The van der Waals surface area contributed by atoms with Gasteiger partial charge in [0.05, 0.1) is 11.7 Å². The van der Waals surface area contributed by atoms with Crippen LogP contribution in [0.1, 0.15) is 47.5 Å². The Morgan fingerprint density at radius 2 is 1.81 bits per heavy atom. The number of fused-ring (bicyclic) bond motifs is 1. The number of hydrogen-bond acceptors (Lipinski definition) is 4. The van der Waals surface area contributed by atoms with E-state index in [2.05, 4.69) is 10.6 Å². The molecule has 1 aromatic carbocycles. The van der Waals surface area contributed by atoms with E-state index in [0.717, 1.165) is 36.1 Å². The molecule has 1 heterocycles. The number of halogens is 1. The lowest BCUT2D eigenvalue weighted by molar-refractivity contribution is 0.0378. The molecule has 2 aromatic rings. The minimum atomic E-state index is -0.399. The first-order chi connectivity index (χ1) is 12.4. The lowest BCUT2D eigenvalue weighted by atomic mass is 9.95. The monoisotopic (exact) mass is 392 g/mol. The zero-order chi connectivity index (χ0) is 18.7. The molecule has 1 aliphatic carbocycles. The van der Waals surface area contributed by atoms with E-state index >= 15 is 0 Å². The Morgan fingerprint density at radius 1 is 1.12 bits per heavy atom. The number of urea groups is 1. The highest BCUT2D eigenvalue weighted by Crippen LogP contribution is 2.38. The molecule has 2 N–H and O–H groups in total. The molecule has 0 atom stereocenters. The summed E-state index contributed by atoms with van der Waals surface area (Å²) in [5.41, 5.74) is 2.15. The number of ether oxygens (including phenoxy) is 1. The molecule has 138 valence electrons. The van der Waals surface area contributed by atoms with Gasteiger partial charge in [0.1, 0.15) is 5.00 Å². The van der Waals surface area contributed by atoms with E-state index in [1.165, 1.54) is 11.3 Å². The van der Waals surface area contributed by atoms with Crippen LogP contribution < -0.4 is 10.6 Å². The van der Waals surface area contributed by atoms with Crippen LogP contribution in [0.15, 0.2) is 24.3 Å². The summed E-state index contributed by atoms with van der Waals surface area (Å²) < 4.78 is 5.40. The molecule has 0 radical (unpaired) electrons. The van der Waals surface area contributed by atoms with Gasteiger partial charge in [-0.25, -0.2) is 9.59 Å². The van der Waals surface area contributed by atoms with Crippen LogP contribution in [-0.2, 0) is 17.6 Å². The van der Waals surface area contributed by atoms with Crippen molar-refractivity contribution in [3.63, 3.8) is 0 Å². The fourth-order valence-corrected chi connectivity index (χ4v) is 4.34. The van der Waals surface area contributed by atoms with Crippen molar-refractivity contribution in [3.8, 4) is 0 Å². The van der Waals surface area contributed by atoms with Crippen LogP contribution in [0.2, 0.25) is 5.02 Å². The predicted molar refractivity (Wildman–Crippen MR) is 106 cm³/mol. The van der Waals surface area contributed by atoms with Gasteiger partial charge < -0.3 is 10.1 Å². The molecule has 0 fully saturated rings. The number of benzene rings is 1. The molecule has 0 saturated carbocycles. The second-order valence-corrected chi connectivity index (χ2v) is 8.00. The normalized spacial score (nSPS) is 13.2. The highest BCUT2D eigenvalue weighted by molar-refractivity contribution is 7.17. The van der Waals surface area contributed by atoms with Gasteiger partial charge >= 0.3 is 12.0 Å². The molecule has 0 saturated heterocycles. The first kappa shape index (κ1) is 18.7. The number of nitrogens with one attached hydrogen (secondary N) is 2. The van der Waals surface area contributed by atoms with Gasteiger partial charge in [0.15, 0.2) is 0 Å². The van der Waals surface area contributed by atoms with Gasteiger partial charge in [-0.3, -0.25) is 5.32 Å². The van der Waals surface area contributed by atoms with Crippen molar-refractivity contribution in [1.82, 2.24) is 0 Å². The quantitative estimate of drug-likeness (QED) is 0.676. The van der Waals surface area contributed by atoms with Crippen LogP contribution in [0.3, 0.4) is 0 Å². The van der Waals surface area contributed by atoms with Crippen LogP contribution >= 0.6 is 22.9 Å². The third-order valence-electron chi connectivity index (χ3n) is 4.05. The van der Waals surface area contributed by atoms with Crippen LogP contribution in [0.5, 0.6) is 0 Å². The van der Waals surface area contributed by atoms with Gasteiger partial charge in [-0.15, -0.1) is 11.3 Å². The molecule has 3 rings (SSSR count). The Hall–Kier alpha value is -2.05. The van der Waals surface area contributed by atoms with E-state index in [-0.39, 0.29) is 12.1 Å². The smallest absolute Gasteiger partial charge is 0.341 e. The van der Waals surface area contributed by atoms with E-state index in [1.807, 2.05) is 13.8 Å². The minimum absolute atomic E-state index is 0.211. The summed E-state index contributed by atoms with van der Waals surface area (Å²) >= 11 is 7.32. The average molecular weight is 393 g/mol. The molecule has 5 nitrogen and oxygen atoms in total. The zero-order valence-electron chi connectivity index (χ0n) is 14.7. The number of carbonyl (C=O) groups excluding carboxylic acids is 2. The van der Waals surface area contributed by atoms with E-state index in [4.69, 9.17) is 16.3 Å². The third-order valence-corrected chi connectivity index (χ3v) is 5.51. The fourth-order valence-electron chi connectivity index (χ4n) is 2.94. The molecule has 0 bridgehead atoms. The number of esters is 1. The molecular formula is C19H21ClN2O3S. The van der Waals surface area contributed by atoms with Crippen molar-refractivity contribution in [3.05, 3.63) is 45.3 Å². The summed E-state index contributed by atoms with van der Waals surface area (Å²) in [6.07, 6.45) is 3.71. The fraction of sp³-hybridized carbons (Fsp3) is 0.368. The second kappa shape index (κ2) is 8.10.